The fourth-order valence-electron chi connectivity index (χ4n) is 1.85. The van der Waals surface area contributed by atoms with Crippen LogP contribution in [0.1, 0.15) is 42.1 Å². The first kappa shape index (κ1) is 14.4. The van der Waals surface area contributed by atoms with Gasteiger partial charge in [0.15, 0.2) is 0 Å². The number of halogens is 2. The Morgan fingerprint density at radius 3 is 2.68 bits per heavy atom. The summed E-state index contributed by atoms with van der Waals surface area (Å²) in [4.78, 5) is 4.57. The van der Waals surface area contributed by atoms with E-state index in [-0.39, 0.29) is 16.9 Å². The number of nitrogens with one attached hydrogen (secondary N) is 1. The maximum Gasteiger partial charge on any atom is 0.146 e. The second kappa shape index (κ2) is 5.99. The Morgan fingerprint density at radius 1 is 1.37 bits per heavy atom. The Labute approximate surface area is 121 Å². The molecule has 0 fully saturated rings. The summed E-state index contributed by atoms with van der Waals surface area (Å²) in [5, 5.41) is 6.12. The lowest BCUT2D eigenvalue weighted by Crippen LogP contribution is -2.19. The minimum Gasteiger partial charge on any atom is -0.307 e. The van der Waals surface area contributed by atoms with Crippen LogP contribution in [-0.4, -0.2) is 12.0 Å². The summed E-state index contributed by atoms with van der Waals surface area (Å²) in [5.74, 6) is -0.0171. The summed E-state index contributed by atoms with van der Waals surface area (Å²) in [6.07, 6.45) is 0. The van der Waals surface area contributed by atoms with Gasteiger partial charge in [-0.05, 0) is 19.0 Å². The fourth-order valence-corrected chi connectivity index (χ4v) is 3.14. The van der Waals surface area contributed by atoms with E-state index in [0.717, 1.165) is 10.7 Å². The molecule has 1 heterocycles. The van der Waals surface area contributed by atoms with Gasteiger partial charge in [-0.1, -0.05) is 37.6 Å². The van der Waals surface area contributed by atoms with Crippen LogP contribution in [0.4, 0.5) is 4.39 Å². The zero-order chi connectivity index (χ0) is 14.0. The molecule has 0 radical (unpaired) electrons. The molecule has 2 nitrogen and oxygen atoms in total. The molecule has 0 bridgehead atoms. The standard InChI is InChI=1S/C14H16ClFN2S/c1-8(2)11-7-19-14(18-11)13(17-3)9-5-4-6-10(15)12(9)16/h4-8,13,17H,1-3H3. The third kappa shape index (κ3) is 2.96. The van der Waals surface area contributed by atoms with Crippen molar-refractivity contribution in [2.24, 2.45) is 0 Å². The minimum absolute atomic E-state index is 0.137. The number of hydrogen-bond donors (Lipinski definition) is 1. The molecule has 0 saturated carbocycles. The highest BCUT2D eigenvalue weighted by atomic mass is 35.5. The number of hydrogen-bond acceptors (Lipinski definition) is 3. The molecule has 2 rings (SSSR count). The van der Waals surface area contributed by atoms with E-state index in [9.17, 15) is 4.39 Å². The fraction of sp³-hybridized carbons (Fsp3) is 0.357. The van der Waals surface area contributed by atoms with E-state index in [4.69, 9.17) is 11.6 Å². The SMILES string of the molecule is CNC(c1nc(C(C)C)cs1)c1cccc(Cl)c1F. The molecule has 1 aromatic heterocycles. The molecule has 1 atom stereocenters. The van der Waals surface area contributed by atoms with Crippen molar-refractivity contribution < 1.29 is 4.39 Å². The van der Waals surface area contributed by atoms with Gasteiger partial charge in [0, 0.05) is 10.9 Å². The van der Waals surface area contributed by atoms with Gasteiger partial charge in [-0.2, -0.15) is 0 Å². The molecule has 19 heavy (non-hydrogen) atoms. The number of benzene rings is 1. The van der Waals surface area contributed by atoms with Crippen molar-refractivity contribution in [3.63, 3.8) is 0 Å². The van der Waals surface area contributed by atoms with E-state index in [1.807, 2.05) is 5.38 Å². The number of rotatable bonds is 4. The summed E-state index contributed by atoms with van der Waals surface area (Å²) in [6.45, 7) is 4.18. The number of thiazole rings is 1. The van der Waals surface area contributed by atoms with Crippen LogP contribution in [0.2, 0.25) is 5.02 Å². The van der Waals surface area contributed by atoms with Gasteiger partial charge < -0.3 is 5.32 Å². The van der Waals surface area contributed by atoms with Crippen LogP contribution in [0, 0.1) is 5.82 Å². The van der Waals surface area contributed by atoms with Gasteiger partial charge >= 0.3 is 0 Å². The topological polar surface area (TPSA) is 24.9 Å². The van der Waals surface area contributed by atoms with Gasteiger partial charge in [-0.3, -0.25) is 0 Å². The van der Waals surface area contributed by atoms with Crippen LogP contribution < -0.4 is 5.32 Å². The molecule has 5 heteroatoms. The normalized spacial score (nSPS) is 12.9. The Balaban J connectivity index is 2.41. The molecular formula is C14H16ClFN2S. The lowest BCUT2D eigenvalue weighted by Gasteiger charge is -2.15. The van der Waals surface area contributed by atoms with Crippen LogP contribution in [-0.2, 0) is 0 Å². The van der Waals surface area contributed by atoms with E-state index in [1.165, 1.54) is 11.3 Å². The lowest BCUT2D eigenvalue weighted by molar-refractivity contribution is 0.574. The van der Waals surface area contributed by atoms with Crippen molar-refractivity contribution in [2.75, 3.05) is 7.05 Å². The second-order valence-electron chi connectivity index (χ2n) is 4.63. The van der Waals surface area contributed by atoms with E-state index in [0.29, 0.717) is 11.5 Å². The van der Waals surface area contributed by atoms with Crippen molar-refractivity contribution >= 4 is 22.9 Å². The van der Waals surface area contributed by atoms with Gasteiger partial charge in [0.25, 0.3) is 0 Å². The van der Waals surface area contributed by atoms with E-state index in [2.05, 4.69) is 24.1 Å². The maximum absolute atomic E-state index is 14.1. The molecular weight excluding hydrogens is 283 g/mol. The van der Waals surface area contributed by atoms with Crippen molar-refractivity contribution in [3.8, 4) is 0 Å². The highest BCUT2D eigenvalue weighted by Crippen LogP contribution is 2.30. The monoisotopic (exact) mass is 298 g/mol. The molecule has 0 spiro atoms. The molecule has 0 aliphatic carbocycles. The molecule has 1 aromatic carbocycles. The third-order valence-corrected chi connectivity index (χ3v) is 4.18. The van der Waals surface area contributed by atoms with Crippen LogP contribution >= 0.6 is 22.9 Å². The summed E-state index contributed by atoms with van der Waals surface area (Å²) >= 11 is 7.37. The van der Waals surface area contributed by atoms with Crippen LogP contribution in [0.25, 0.3) is 0 Å². The largest absolute Gasteiger partial charge is 0.307 e. The van der Waals surface area contributed by atoms with Gasteiger partial charge in [0.2, 0.25) is 0 Å². The summed E-state index contributed by atoms with van der Waals surface area (Å²) < 4.78 is 14.1. The Morgan fingerprint density at radius 2 is 2.11 bits per heavy atom. The van der Waals surface area contributed by atoms with Gasteiger partial charge in [0.1, 0.15) is 10.8 Å². The maximum atomic E-state index is 14.1. The molecule has 102 valence electrons. The Bertz CT molecular complexity index is 568. The average molecular weight is 299 g/mol. The van der Waals surface area contributed by atoms with Crippen molar-refractivity contribution in [3.05, 3.63) is 50.7 Å². The van der Waals surface area contributed by atoms with Gasteiger partial charge in [-0.25, -0.2) is 9.37 Å². The summed E-state index contributed by atoms with van der Waals surface area (Å²) in [7, 11) is 1.79. The second-order valence-corrected chi connectivity index (χ2v) is 5.93. The average Bonchev–Trinajstić information content (AvgIpc) is 2.85. The molecule has 1 N–H and O–H groups in total. The van der Waals surface area contributed by atoms with Crippen molar-refractivity contribution in [2.45, 2.75) is 25.8 Å². The molecule has 2 aromatic rings. The van der Waals surface area contributed by atoms with Gasteiger partial charge in [0.05, 0.1) is 16.8 Å². The number of aromatic nitrogens is 1. The smallest absolute Gasteiger partial charge is 0.146 e. The first-order chi connectivity index (χ1) is 9.04. The zero-order valence-corrected chi connectivity index (χ0v) is 12.6. The van der Waals surface area contributed by atoms with Crippen molar-refractivity contribution in [1.82, 2.24) is 10.3 Å². The molecule has 0 saturated heterocycles. The van der Waals surface area contributed by atoms with E-state index < -0.39 is 0 Å². The predicted molar refractivity (Wildman–Crippen MR) is 78.5 cm³/mol. The van der Waals surface area contributed by atoms with Crippen LogP contribution in [0.3, 0.4) is 0 Å². The highest BCUT2D eigenvalue weighted by molar-refractivity contribution is 7.09. The van der Waals surface area contributed by atoms with Crippen LogP contribution in [0.15, 0.2) is 23.6 Å². The molecule has 0 aliphatic rings. The minimum atomic E-state index is -0.384. The first-order valence-corrected chi connectivity index (χ1v) is 7.36. The van der Waals surface area contributed by atoms with Crippen LogP contribution in [0.5, 0.6) is 0 Å². The summed E-state index contributed by atoms with van der Waals surface area (Å²) in [6, 6.07) is 4.77. The molecule has 0 amide bonds. The molecule has 1 unspecified atom stereocenters. The number of nitrogens with zero attached hydrogens (tertiary/aromatic N) is 1. The molecule has 0 aliphatic heterocycles. The summed E-state index contributed by atoms with van der Waals surface area (Å²) in [5.41, 5.74) is 1.56. The Kier molecular flexibility index (Phi) is 4.55. The predicted octanol–water partition coefficient (Wildman–Crippen LogP) is 4.37. The first-order valence-electron chi connectivity index (χ1n) is 6.11. The van der Waals surface area contributed by atoms with Crippen molar-refractivity contribution in [1.29, 1.82) is 0 Å². The highest BCUT2D eigenvalue weighted by Gasteiger charge is 2.21. The quantitative estimate of drug-likeness (QED) is 0.907. The third-order valence-electron chi connectivity index (χ3n) is 2.96. The van der Waals surface area contributed by atoms with Gasteiger partial charge in [-0.15, -0.1) is 11.3 Å². The Hall–Kier alpha value is -0.970. The van der Waals surface area contributed by atoms with E-state index >= 15 is 0 Å². The zero-order valence-electron chi connectivity index (χ0n) is 11.1. The van der Waals surface area contributed by atoms with E-state index in [1.54, 1.807) is 25.2 Å². The lowest BCUT2D eigenvalue weighted by atomic mass is 10.1.